The van der Waals surface area contributed by atoms with Crippen LogP contribution in [0, 0.1) is 17.3 Å². The summed E-state index contributed by atoms with van der Waals surface area (Å²) < 4.78 is 0. The summed E-state index contributed by atoms with van der Waals surface area (Å²) in [6.45, 7) is 1.69. The molecule has 0 aliphatic carbocycles. The number of hydrogen-bond acceptors (Lipinski definition) is 9. The van der Waals surface area contributed by atoms with E-state index in [1.165, 1.54) is 12.1 Å². The molecule has 1 heterocycles. The molecule has 7 N–H and O–H groups in total. The minimum Gasteiger partial charge on any atom is -0.595 e. The molecule has 0 radical (unpaired) electrons. The van der Waals surface area contributed by atoms with Gasteiger partial charge in [0.15, 0.2) is 16.5 Å². The van der Waals surface area contributed by atoms with E-state index in [0.29, 0.717) is 15.7 Å². The molecule has 3 rings (SSSR count). The number of quaternary nitrogens is 2. The van der Waals surface area contributed by atoms with Crippen molar-refractivity contribution in [1.29, 1.82) is 0 Å². The van der Waals surface area contributed by atoms with Crippen LogP contribution in [0.3, 0.4) is 0 Å². The maximum atomic E-state index is 12.5. The van der Waals surface area contributed by atoms with E-state index in [2.05, 4.69) is 21.2 Å². The second-order valence-corrected chi connectivity index (χ2v) is 6.87. The number of carbonyl (C=O) groups is 1. The van der Waals surface area contributed by atoms with Crippen LogP contribution in [0.4, 0.5) is 27.9 Å². The quantitative estimate of drug-likeness (QED) is 0.277. The van der Waals surface area contributed by atoms with E-state index in [-0.39, 0.29) is 17.1 Å². The molecular weight excluding hydrogens is 400 g/mol. The van der Waals surface area contributed by atoms with Gasteiger partial charge in [-0.25, -0.2) is 15.4 Å². The smallest absolute Gasteiger partial charge is 0.281 e. The number of para-hydroxylation sites is 1. The van der Waals surface area contributed by atoms with Crippen molar-refractivity contribution in [1.82, 2.24) is 10.4 Å². The number of carbonyl (C=O) groups excluding carboxylic acids is 1. The molecule has 152 valence electrons. The fourth-order valence-corrected chi connectivity index (χ4v) is 3.33. The van der Waals surface area contributed by atoms with Gasteiger partial charge in [-0.15, -0.1) is 0 Å². The molecule has 1 amide bonds. The Labute approximate surface area is 168 Å². The molecule has 0 saturated heterocycles. The van der Waals surface area contributed by atoms with Crippen molar-refractivity contribution in [3.63, 3.8) is 0 Å². The third kappa shape index (κ3) is 5.04. The van der Waals surface area contributed by atoms with E-state index in [1.54, 1.807) is 6.92 Å². The molecule has 11 nitrogen and oxygen atoms in total. The molecule has 1 aromatic heterocycles. The molecule has 0 saturated carbocycles. The first-order valence-electron chi connectivity index (χ1n) is 8.31. The number of hydrazine groups is 1. The summed E-state index contributed by atoms with van der Waals surface area (Å²) in [5.41, 5.74) is 5.89. The lowest BCUT2D eigenvalue weighted by molar-refractivity contribution is -0.996. The zero-order chi connectivity index (χ0) is 21.0. The summed E-state index contributed by atoms with van der Waals surface area (Å²) in [7, 11) is 0. The minimum absolute atomic E-state index is 0.0562. The Hall–Kier alpha value is -3.10. The van der Waals surface area contributed by atoms with Crippen molar-refractivity contribution >= 4 is 45.1 Å². The molecule has 12 heteroatoms. The number of amides is 1. The summed E-state index contributed by atoms with van der Waals surface area (Å²) in [5, 5.41) is 41.7. The largest absolute Gasteiger partial charge is 0.595 e. The van der Waals surface area contributed by atoms with E-state index < -0.39 is 16.4 Å². The Balaban J connectivity index is 1.71. The van der Waals surface area contributed by atoms with Crippen molar-refractivity contribution in [2.45, 2.75) is 6.92 Å². The van der Waals surface area contributed by atoms with Gasteiger partial charge in [0.05, 0.1) is 11.8 Å². The number of nitrogens with one attached hydrogen (secondary N) is 5. The summed E-state index contributed by atoms with van der Waals surface area (Å²) in [5.74, 6) is -0.500. The van der Waals surface area contributed by atoms with Gasteiger partial charge in [-0.3, -0.25) is 15.6 Å². The van der Waals surface area contributed by atoms with E-state index in [0.717, 1.165) is 23.1 Å². The van der Waals surface area contributed by atoms with Gasteiger partial charge < -0.3 is 15.7 Å². The van der Waals surface area contributed by atoms with Gasteiger partial charge in [0.25, 0.3) is 5.91 Å². The monoisotopic (exact) mass is 418 g/mol. The van der Waals surface area contributed by atoms with Crippen LogP contribution in [-0.2, 0) is 0 Å². The predicted molar refractivity (Wildman–Crippen MR) is 106 cm³/mol. The van der Waals surface area contributed by atoms with Gasteiger partial charge in [-0.05, 0) is 25.1 Å². The van der Waals surface area contributed by atoms with Crippen LogP contribution >= 0.6 is 11.3 Å². The zero-order valence-corrected chi connectivity index (χ0v) is 15.9. The van der Waals surface area contributed by atoms with Gasteiger partial charge in [0.2, 0.25) is 0 Å². The Bertz CT molecular complexity index is 995. The molecule has 0 bridgehead atoms. The van der Waals surface area contributed by atoms with Gasteiger partial charge in [0.1, 0.15) is 10.6 Å². The van der Waals surface area contributed by atoms with Crippen molar-refractivity contribution in [2.24, 2.45) is 0 Å². The van der Waals surface area contributed by atoms with Crippen molar-refractivity contribution in [2.75, 3.05) is 10.7 Å². The second-order valence-electron chi connectivity index (χ2n) is 5.87. The molecule has 0 fully saturated rings. The van der Waals surface area contributed by atoms with Gasteiger partial charge >= 0.3 is 0 Å². The van der Waals surface area contributed by atoms with Crippen molar-refractivity contribution in [3.05, 3.63) is 69.5 Å². The van der Waals surface area contributed by atoms with Crippen LogP contribution in [0.2, 0.25) is 0 Å². The highest BCUT2D eigenvalue weighted by atomic mass is 32.1. The molecule has 2 unspecified atom stereocenters. The van der Waals surface area contributed by atoms with Crippen LogP contribution in [0.15, 0.2) is 48.5 Å². The number of hydrogen-bond donors (Lipinski definition) is 7. The Kier molecular flexibility index (Phi) is 6.36. The highest BCUT2D eigenvalue weighted by Crippen LogP contribution is 2.26. The van der Waals surface area contributed by atoms with Crippen LogP contribution in [0.1, 0.15) is 15.4 Å². The summed E-state index contributed by atoms with van der Waals surface area (Å²) in [4.78, 5) is 17.1. The van der Waals surface area contributed by atoms with Crippen LogP contribution in [0.5, 0.6) is 0 Å². The van der Waals surface area contributed by atoms with E-state index in [9.17, 15) is 20.4 Å². The number of aryl methyl sites for hydroxylation is 1. The van der Waals surface area contributed by atoms with Crippen molar-refractivity contribution < 1.29 is 25.7 Å². The van der Waals surface area contributed by atoms with Crippen LogP contribution in [0.25, 0.3) is 0 Å². The van der Waals surface area contributed by atoms with Gasteiger partial charge in [-0.2, -0.15) is 10.5 Å². The normalized spacial score (nSPS) is 12.9. The maximum Gasteiger partial charge on any atom is 0.281 e. The SMILES string of the molecule is Cc1nc(Nc2ccccc2)sc1C(=O)NNc1ccc([NH+]([O-])O)cc1[NH+]([O-])O. The molecule has 0 spiro atoms. The number of nitrogens with zero attached hydrogens (tertiary/aromatic N) is 1. The van der Waals surface area contributed by atoms with E-state index in [1.807, 2.05) is 30.3 Å². The molecular formula is C17H18N6O5S. The minimum atomic E-state index is -1.33. The molecule has 0 aliphatic heterocycles. The number of anilines is 3. The zero-order valence-electron chi connectivity index (χ0n) is 15.1. The highest BCUT2D eigenvalue weighted by Gasteiger charge is 2.18. The third-order valence-electron chi connectivity index (χ3n) is 3.84. The summed E-state index contributed by atoms with van der Waals surface area (Å²) in [6, 6.07) is 12.9. The third-order valence-corrected chi connectivity index (χ3v) is 4.91. The first kappa shape index (κ1) is 20.6. The van der Waals surface area contributed by atoms with Crippen LogP contribution < -0.4 is 26.6 Å². The Morgan fingerprint density at radius 3 is 2.48 bits per heavy atom. The Morgan fingerprint density at radius 2 is 1.83 bits per heavy atom. The summed E-state index contributed by atoms with van der Waals surface area (Å²) in [6.07, 6.45) is 0. The lowest BCUT2D eigenvalue weighted by atomic mass is 10.2. The number of rotatable bonds is 7. The Morgan fingerprint density at radius 1 is 1.10 bits per heavy atom. The van der Waals surface area contributed by atoms with E-state index >= 15 is 0 Å². The predicted octanol–water partition coefficient (Wildman–Crippen LogP) is 0.759. The fraction of sp³-hybridized carbons (Fsp3) is 0.0588. The summed E-state index contributed by atoms with van der Waals surface area (Å²) >= 11 is 1.15. The fourth-order valence-electron chi connectivity index (χ4n) is 2.45. The first-order chi connectivity index (χ1) is 13.8. The molecule has 3 aromatic rings. The van der Waals surface area contributed by atoms with Gasteiger partial charge in [-0.1, -0.05) is 29.5 Å². The number of benzene rings is 2. The molecule has 2 aromatic carbocycles. The number of aromatic nitrogens is 1. The molecule has 29 heavy (non-hydrogen) atoms. The lowest BCUT2D eigenvalue weighted by Gasteiger charge is -2.19. The maximum absolute atomic E-state index is 12.5. The number of thiazole rings is 1. The first-order valence-corrected chi connectivity index (χ1v) is 9.13. The molecule has 2 atom stereocenters. The molecule has 0 aliphatic rings. The standard InChI is InChI=1S/C17H18N6O5S/c1-10-15(29-17(18-10)19-11-5-3-2-4-6-11)16(24)21-20-13-8-7-12(22(25)26)9-14(13)23(27)28/h2-9,20,22-23,25,27H,1H3,(H,18,19)(H,21,24). The second kappa shape index (κ2) is 8.93. The van der Waals surface area contributed by atoms with E-state index in [4.69, 9.17) is 5.21 Å². The average molecular weight is 418 g/mol. The topological polar surface area (TPSA) is 162 Å². The van der Waals surface area contributed by atoms with Gasteiger partial charge in [0, 0.05) is 11.8 Å². The highest BCUT2D eigenvalue weighted by molar-refractivity contribution is 7.17. The lowest BCUT2D eigenvalue weighted by Crippen LogP contribution is -3.00. The van der Waals surface area contributed by atoms with Crippen LogP contribution in [-0.4, -0.2) is 21.3 Å². The van der Waals surface area contributed by atoms with Crippen molar-refractivity contribution in [3.8, 4) is 0 Å². The average Bonchev–Trinajstić information content (AvgIpc) is 3.06.